The summed E-state index contributed by atoms with van der Waals surface area (Å²) in [5.41, 5.74) is 0.706. The zero-order valence-corrected chi connectivity index (χ0v) is 11.9. The summed E-state index contributed by atoms with van der Waals surface area (Å²) in [5.74, 6) is 0.0626. The van der Waals surface area contributed by atoms with Gasteiger partial charge in [-0.25, -0.2) is 0 Å². The highest BCUT2D eigenvalue weighted by Gasteiger charge is 2.21. The van der Waals surface area contributed by atoms with Gasteiger partial charge in [0.15, 0.2) is 5.78 Å². The average Bonchev–Trinajstić information content (AvgIpc) is 2.34. The quantitative estimate of drug-likeness (QED) is 0.854. The molecule has 0 atom stereocenters. The van der Waals surface area contributed by atoms with E-state index in [4.69, 9.17) is 11.6 Å². The van der Waals surface area contributed by atoms with Crippen LogP contribution in [0.5, 0.6) is 0 Å². The first kappa shape index (κ1) is 13.9. The summed E-state index contributed by atoms with van der Waals surface area (Å²) in [7, 11) is 0. The van der Waals surface area contributed by atoms with Gasteiger partial charge in [-0.05, 0) is 50.8 Å². The van der Waals surface area contributed by atoms with E-state index in [1.807, 2.05) is 6.07 Å². The molecule has 0 unspecified atom stereocenters. The van der Waals surface area contributed by atoms with E-state index in [1.54, 1.807) is 30.8 Å². The highest BCUT2D eigenvalue weighted by molar-refractivity contribution is 8.00. The highest BCUT2D eigenvalue weighted by atomic mass is 35.5. The molecule has 1 aromatic carbocycles. The van der Waals surface area contributed by atoms with Crippen molar-refractivity contribution in [1.29, 1.82) is 0 Å². The van der Waals surface area contributed by atoms with Gasteiger partial charge in [-0.15, -0.1) is 11.8 Å². The van der Waals surface area contributed by atoms with Crippen molar-refractivity contribution < 1.29 is 9.90 Å². The van der Waals surface area contributed by atoms with E-state index in [1.165, 1.54) is 0 Å². The topological polar surface area (TPSA) is 37.3 Å². The van der Waals surface area contributed by atoms with E-state index in [0.717, 1.165) is 30.6 Å². The van der Waals surface area contributed by atoms with Gasteiger partial charge in [0.05, 0.1) is 11.1 Å². The molecule has 1 aliphatic rings. The second kappa shape index (κ2) is 6.09. The molecule has 0 spiro atoms. The fraction of sp³-hybridized carbons (Fsp3) is 0.500. The van der Waals surface area contributed by atoms with E-state index in [2.05, 4.69) is 0 Å². The minimum Gasteiger partial charge on any atom is -0.393 e. The Kier molecular flexibility index (Phi) is 4.71. The van der Waals surface area contributed by atoms with Crippen LogP contribution in [0.1, 0.15) is 43.0 Å². The van der Waals surface area contributed by atoms with Crippen LogP contribution in [0.2, 0.25) is 5.02 Å². The number of aliphatic hydroxyl groups is 1. The van der Waals surface area contributed by atoms with Crippen molar-refractivity contribution in [3.63, 3.8) is 0 Å². The van der Waals surface area contributed by atoms with E-state index in [0.29, 0.717) is 15.8 Å². The molecule has 0 heterocycles. The zero-order valence-electron chi connectivity index (χ0n) is 10.4. The molecule has 1 aliphatic carbocycles. The summed E-state index contributed by atoms with van der Waals surface area (Å²) >= 11 is 7.90. The number of hydrogen-bond acceptors (Lipinski definition) is 3. The Morgan fingerprint density at radius 2 is 2.00 bits per heavy atom. The summed E-state index contributed by atoms with van der Waals surface area (Å²) in [4.78, 5) is 12.3. The van der Waals surface area contributed by atoms with Crippen LogP contribution in [0.15, 0.2) is 23.1 Å². The van der Waals surface area contributed by atoms with E-state index in [-0.39, 0.29) is 11.9 Å². The maximum absolute atomic E-state index is 11.4. The first-order valence-electron chi connectivity index (χ1n) is 6.21. The maximum atomic E-state index is 11.4. The molecular weight excluding hydrogens is 268 g/mol. The summed E-state index contributed by atoms with van der Waals surface area (Å²) in [6.07, 6.45) is 3.60. The molecule has 0 aromatic heterocycles. The van der Waals surface area contributed by atoms with Crippen molar-refractivity contribution in [3.05, 3.63) is 28.8 Å². The predicted octanol–water partition coefficient (Wildman–Crippen LogP) is 3.94. The SMILES string of the molecule is CC(=O)c1ccc(Cl)c(SC2CCC(O)CC2)c1. The second-order valence-corrected chi connectivity index (χ2v) is 6.50. The molecular formula is C14H17ClO2S. The van der Waals surface area contributed by atoms with E-state index in [9.17, 15) is 9.90 Å². The fourth-order valence-corrected chi connectivity index (χ4v) is 3.65. The average molecular weight is 285 g/mol. The van der Waals surface area contributed by atoms with Crippen LogP contribution in [0, 0.1) is 0 Å². The summed E-state index contributed by atoms with van der Waals surface area (Å²) in [5, 5.41) is 10.7. The standard InChI is InChI=1S/C14H17ClO2S/c1-9(16)10-2-7-13(15)14(8-10)18-12-5-3-11(17)4-6-12/h2,7-8,11-12,17H,3-6H2,1H3. The number of benzene rings is 1. The lowest BCUT2D eigenvalue weighted by molar-refractivity contribution is 0.101. The smallest absolute Gasteiger partial charge is 0.159 e. The second-order valence-electron chi connectivity index (χ2n) is 4.75. The lowest BCUT2D eigenvalue weighted by Crippen LogP contribution is -2.19. The molecule has 2 rings (SSSR count). The van der Waals surface area contributed by atoms with Gasteiger partial charge in [-0.3, -0.25) is 4.79 Å². The van der Waals surface area contributed by atoms with Gasteiger partial charge in [0.2, 0.25) is 0 Å². The monoisotopic (exact) mass is 284 g/mol. The minimum absolute atomic E-state index is 0.0626. The van der Waals surface area contributed by atoms with Crippen molar-refractivity contribution in [2.24, 2.45) is 0 Å². The molecule has 1 saturated carbocycles. The van der Waals surface area contributed by atoms with Gasteiger partial charge in [-0.2, -0.15) is 0 Å². The first-order chi connectivity index (χ1) is 8.56. The Bertz CT molecular complexity index is 439. The summed E-state index contributed by atoms with van der Waals surface area (Å²) < 4.78 is 0. The third kappa shape index (κ3) is 3.50. The molecule has 0 saturated heterocycles. The number of thioether (sulfide) groups is 1. The molecule has 2 nitrogen and oxygen atoms in total. The van der Waals surface area contributed by atoms with Crippen LogP contribution < -0.4 is 0 Å². The van der Waals surface area contributed by atoms with Crippen molar-refractivity contribution in [2.45, 2.75) is 48.9 Å². The number of aliphatic hydroxyl groups excluding tert-OH is 1. The molecule has 1 N–H and O–H groups in total. The lowest BCUT2D eigenvalue weighted by atomic mass is 9.97. The number of carbonyl (C=O) groups is 1. The van der Waals surface area contributed by atoms with Crippen molar-refractivity contribution >= 4 is 29.1 Å². The molecule has 18 heavy (non-hydrogen) atoms. The van der Waals surface area contributed by atoms with Crippen molar-refractivity contribution in [1.82, 2.24) is 0 Å². The molecule has 0 radical (unpaired) electrons. The van der Waals surface area contributed by atoms with Crippen LogP contribution >= 0.6 is 23.4 Å². The van der Waals surface area contributed by atoms with Crippen LogP contribution in [-0.4, -0.2) is 22.2 Å². The Hall–Kier alpha value is -0.510. The first-order valence-corrected chi connectivity index (χ1v) is 7.47. The third-order valence-corrected chi connectivity index (χ3v) is 5.11. The largest absolute Gasteiger partial charge is 0.393 e. The molecule has 0 aliphatic heterocycles. The third-order valence-electron chi connectivity index (χ3n) is 3.28. The highest BCUT2D eigenvalue weighted by Crippen LogP contribution is 2.37. The fourth-order valence-electron chi connectivity index (χ4n) is 2.16. The van der Waals surface area contributed by atoms with Gasteiger partial charge in [-0.1, -0.05) is 11.6 Å². The van der Waals surface area contributed by atoms with E-state index >= 15 is 0 Å². The maximum Gasteiger partial charge on any atom is 0.159 e. The number of rotatable bonds is 3. The van der Waals surface area contributed by atoms with Gasteiger partial charge in [0, 0.05) is 15.7 Å². The molecule has 0 bridgehead atoms. The molecule has 0 amide bonds. The number of hydrogen-bond donors (Lipinski definition) is 1. The summed E-state index contributed by atoms with van der Waals surface area (Å²) in [6.45, 7) is 1.56. The Morgan fingerprint density at radius 1 is 1.33 bits per heavy atom. The molecule has 1 fully saturated rings. The molecule has 98 valence electrons. The molecule has 1 aromatic rings. The Labute approximate surface area is 117 Å². The van der Waals surface area contributed by atoms with Crippen molar-refractivity contribution in [2.75, 3.05) is 0 Å². The van der Waals surface area contributed by atoms with Crippen LogP contribution in [0.3, 0.4) is 0 Å². The van der Waals surface area contributed by atoms with Crippen LogP contribution in [0.4, 0.5) is 0 Å². The number of carbonyl (C=O) groups excluding carboxylic acids is 1. The van der Waals surface area contributed by atoms with E-state index < -0.39 is 0 Å². The van der Waals surface area contributed by atoms with Gasteiger partial charge >= 0.3 is 0 Å². The van der Waals surface area contributed by atoms with Crippen LogP contribution in [0.25, 0.3) is 0 Å². The minimum atomic E-state index is -0.138. The Morgan fingerprint density at radius 3 is 2.61 bits per heavy atom. The van der Waals surface area contributed by atoms with Gasteiger partial charge < -0.3 is 5.11 Å². The lowest BCUT2D eigenvalue weighted by Gasteiger charge is -2.25. The number of halogens is 1. The molecule has 4 heteroatoms. The van der Waals surface area contributed by atoms with Gasteiger partial charge in [0.25, 0.3) is 0 Å². The number of ketones is 1. The number of Topliss-reactive ketones (excluding diaryl/α,β-unsaturated/α-hetero) is 1. The summed E-state index contributed by atoms with van der Waals surface area (Å²) in [6, 6.07) is 5.43. The van der Waals surface area contributed by atoms with Gasteiger partial charge in [0.1, 0.15) is 0 Å². The zero-order chi connectivity index (χ0) is 13.1. The van der Waals surface area contributed by atoms with Crippen molar-refractivity contribution in [3.8, 4) is 0 Å². The van der Waals surface area contributed by atoms with Crippen LogP contribution in [-0.2, 0) is 0 Å². The predicted molar refractivity (Wildman–Crippen MR) is 75.6 cm³/mol. The normalized spacial score (nSPS) is 23.9. The Balaban J connectivity index is 2.08.